The van der Waals surface area contributed by atoms with E-state index in [1.165, 1.54) is 30.3 Å². The second-order valence-electron chi connectivity index (χ2n) is 7.60. The van der Waals surface area contributed by atoms with Gasteiger partial charge in [0, 0.05) is 0 Å². The average molecular weight is 650 g/mol. The highest BCUT2D eigenvalue weighted by atomic mass is 79.9. The van der Waals surface area contributed by atoms with Crippen LogP contribution in [0.15, 0.2) is 75.2 Å². The number of imide groups is 2. The quantitative estimate of drug-likeness (QED) is 0.248. The molecule has 3 N–H and O–H groups in total. The van der Waals surface area contributed by atoms with Crippen molar-refractivity contribution in [2.75, 3.05) is 16.8 Å². The van der Waals surface area contributed by atoms with Crippen LogP contribution in [0.3, 0.4) is 0 Å². The Morgan fingerprint density at radius 1 is 1.05 bits per heavy atom. The number of carbonyl (C=O) groups excluding carboxylic acids is 4. The van der Waals surface area contributed by atoms with Crippen molar-refractivity contribution in [3.8, 4) is 11.5 Å². The van der Waals surface area contributed by atoms with Crippen molar-refractivity contribution in [3.63, 3.8) is 0 Å². The average Bonchev–Trinajstić information content (AvgIpc) is 2.84. The number of phenols is 1. The third-order valence-electron chi connectivity index (χ3n) is 5.04. The zero-order valence-electron chi connectivity index (χ0n) is 18.6. The molecule has 0 radical (unpaired) electrons. The molecule has 1 heterocycles. The van der Waals surface area contributed by atoms with Crippen LogP contribution in [-0.4, -0.2) is 35.5 Å². The van der Waals surface area contributed by atoms with Gasteiger partial charge in [0.1, 0.15) is 17.1 Å². The molecule has 9 nitrogen and oxygen atoms in total. The largest absolute Gasteiger partial charge is 0.508 e. The summed E-state index contributed by atoms with van der Waals surface area (Å²) in [4.78, 5) is 50.9. The molecule has 4 rings (SSSR count). The van der Waals surface area contributed by atoms with Gasteiger partial charge >= 0.3 is 6.03 Å². The van der Waals surface area contributed by atoms with E-state index < -0.39 is 23.8 Å². The Morgan fingerprint density at radius 2 is 1.70 bits per heavy atom. The second kappa shape index (κ2) is 11.2. The zero-order chi connectivity index (χ0) is 26.7. The van der Waals surface area contributed by atoms with Crippen LogP contribution < -0.4 is 20.3 Å². The molecule has 37 heavy (non-hydrogen) atoms. The minimum Gasteiger partial charge on any atom is -0.508 e. The summed E-state index contributed by atoms with van der Waals surface area (Å²) in [6.45, 7) is -0.312. The van der Waals surface area contributed by atoms with Gasteiger partial charge in [-0.15, -0.1) is 0 Å². The van der Waals surface area contributed by atoms with Crippen molar-refractivity contribution < 1.29 is 29.0 Å². The molecule has 0 aliphatic carbocycles. The summed E-state index contributed by atoms with van der Waals surface area (Å²) in [5, 5.41) is 14.7. The van der Waals surface area contributed by atoms with E-state index in [1.807, 2.05) is 0 Å². The molecule has 5 amide bonds. The monoisotopic (exact) mass is 647 g/mol. The predicted octanol–water partition coefficient (Wildman–Crippen LogP) is 5.25. The lowest BCUT2D eigenvalue weighted by Gasteiger charge is -2.26. The first-order valence-corrected chi connectivity index (χ1v) is 12.5. The molecule has 0 unspecified atom stereocenters. The molecule has 1 aliphatic rings. The summed E-state index contributed by atoms with van der Waals surface area (Å²) in [7, 11) is 0. The molecule has 1 fully saturated rings. The Bertz CT molecular complexity index is 1440. The SMILES string of the molecule is O=C(COc1c(Br)cc(/C=C2/C(=O)NC(=O)N(c3ccc(O)cc3)C2=O)cc1Br)Nc1ccccc1Cl. The summed E-state index contributed by atoms with van der Waals surface area (Å²) >= 11 is 12.8. The summed E-state index contributed by atoms with van der Waals surface area (Å²) in [5.74, 6) is -1.84. The Morgan fingerprint density at radius 3 is 2.35 bits per heavy atom. The number of hydrogen-bond donors (Lipinski definition) is 3. The first kappa shape index (κ1) is 26.4. The van der Waals surface area contributed by atoms with E-state index in [1.54, 1.807) is 36.4 Å². The van der Waals surface area contributed by atoms with E-state index in [-0.39, 0.29) is 23.6 Å². The molecule has 0 spiro atoms. The van der Waals surface area contributed by atoms with Crippen LogP contribution >= 0.6 is 43.5 Å². The number of nitrogens with zero attached hydrogens (tertiary/aromatic N) is 1. The number of para-hydroxylation sites is 1. The molecular formula is C25H16Br2ClN3O6. The standard InChI is InChI=1S/C25H16Br2ClN3O6/c26-17-10-13(11-18(27)22(17)37-12-21(33)29-20-4-2-1-3-19(20)28)9-16-23(34)30-25(36)31(24(16)35)14-5-7-15(32)8-6-14/h1-11,32H,12H2,(H,29,33)(H,30,34,36)/b16-9-. The molecule has 3 aromatic carbocycles. The van der Waals surface area contributed by atoms with E-state index in [4.69, 9.17) is 16.3 Å². The van der Waals surface area contributed by atoms with Gasteiger partial charge in [-0.25, -0.2) is 9.69 Å². The van der Waals surface area contributed by atoms with Crippen molar-refractivity contribution in [1.82, 2.24) is 5.32 Å². The van der Waals surface area contributed by atoms with Crippen LogP contribution in [0, 0.1) is 0 Å². The van der Waals surface area contributed by atoms with Gasteiger partial charge in [-0.3, -0.25) is 19.7 Å². The highest BCUT2D eigenvalue weighted by Crippen LogP contribution is 2.36. The fourth-order valence-corrected chi connectivity index (χ4v) is 4.98. The summed E-state index contributed by atoms with van der Waals surface area (Å²) in [6, 6.07) is 14.4. The van der Waals surface area contributed by atoms with E-state index in [0.29, 0.717) is 31.0 Å². The van der Waals surface area contributed by atoms with E-state index in [0.717, 1.165) is 4.90 Å². The number of barbiturate groups is 1. The van der Waals surface area contributed by atoms with Crippen LogP contribution in [0.1, 0.15) is 5.56 Å². The smallest absolute Gasteiger partial charge is 0.335 e. The highest BCUT2D eigenvalue weighted by molar-refractivity contribution is 9.11. The molecule has 0 saturated carbocycles. The number of benzene rings is 3. The van der Waals surface area contributed by atoms with E-state index in [9.17, 15) is 24.3 Å². The molecule has 0 atom stereocenters. The lowest BCUT2D eigenvalue weighted by Crippen LogP contribution is -2.54. The Kier molecular flexibility index (Phi) is 7.96. The van der Waals surface area contributed by atoms with Gasteiger partial charge in [0.25, 0.3) is 17.7 Å². The maximum Gasteiger partial charge on any atom is 0.335 e. The van der Waals surface area contributed by atoms with Crippen LogP contribution in [0.25, 0.3) is 6.08 Å². The fourth-order valence-electron chi connectivity index (χ4n) is 3.35. The first-order valence-electron chi connectivity index (χ1n) is 10.5. The number of ether oxygens (including phenoxy) is 1. The number of nitrogens with one attached hydrogen (secondary N) is 2. The number of carbonyl (C=O) groups is 4. The predicted molar refractivity (Wildman–Crippen MR) is 145 cm³/mol. The Labute approximate surface area is 232 Å². The topological polar surface area (TPSA) is 125 Å². The van der Waals surface area contributed by atoms with Gasteiger partial charge in [0.05, 0.1) is 25.3 Å². The molecule has 12 heteroatoms. The number of phenolic OH excluding ortho intramolecular Hbond substituents is 1. The van der Waals surface area contributed by atoms with Crippen LogP contribution in [0.5, 0.6) is 11.5 Å². The molecule has 3 aromatic rings. The molecule has 1 saturated heterocycles. The molecule has 0 bridgehead atoms. The lowest BCUT2D eigenvalue weighted by molar-refractivity contribution is -0.122. The number of amides is 5. The highest BCUT2D eigenvalue weighted by Gasteiger charge is 2.36. The third-order valence-corrected chi connectivity index (χ3v) is 6.54. The van der Waals surface area contributed by atoms with Gasteiger partial charge in [-0.05, 0) is 92.0 Å². The second-order valence-corrected chi connectivity index (χ2v) is 9.72. The number of urea groups is 1. The lowest BCUT2D eigenvalue weighted by atomic mass is 10.1. The van der Waals surface area contributed by atoms with Crippen LogP contribution in [0.4, 0.5) is 16.2 Å². The van der Waals surface area contributed by atoms with Gasteiger partial charge in [0.2, 0.25) is 0 Å². The Balaban J connectivity index is 1.53. The van der Waals surface area contributed by atoms with Crippen LogP contribution in [0.2, 0.25) is 5.02 Å². The van der Waals surface area contributed by atoms with Crippen molar-refractivity contribution in [3.05, 3.63) is 85.8 Å². The third kappa shape index (κ3) is 6.01. The number of rotatable bonds is 6. The van der Waals surface area contributed by atoms with E-state index in [2.05, 4.69) is 42.5 Å². The van der Waals surface area contributed by atoms with Gasteiger partial charge in [-0.2, -0.15) is 0 Å². The number of anilines is 2. The maximum absolute atomic E-state index is 13.0. The minimum absolute atomic E-state index is 0.0428. The van der Waals surface area contributed by atoms with Crippen molar-refractivity contribution in [1.29, 1.82) is 0 Å². The maximum atomic E-state index is 13.0. The molecule has 1 aliphatic heterocycles. The normalized spacial score (nSPS) is 14.5. The van der Waals surface area contributed by atoms with Gasteiger partial charge in [0.15, 0.2) is 6.61 Å². The molecular weight excluding hydrogens is 634 g/mol. The number of aromatic hydroxyl groups is 1. The first-order chi connectivity index (χ1) is 17.6. The Hall–Kier alpha value is -3.67. The minimum atomic E-state index is -0.904. The van der Waals surface area contributed by atoms with Crippen LogP contribution in [-0.2, 0) is 14.4 Å². The number of hydrogen-bond acceptors (Lipinski definition) is 6. The van der Waals surface area contributed by atoms with Gasteiger partial charge in [-0.1, -0.05) is 23.7 Å². The van der Waals surface area contributed by atoms with Crippen molar-refractivity contribution in [2.45, 2.75) is 0 Å². The van der Waals surface area contributed by atoms with Crippen molar-refractivity contribution >= 4 is 84.7 Å². The summed E-state index contributed by atoms with van der Waals surface area (Å²) in [6.07, 6.45) is 1.32. The molecule has 0 aromatic heterocycles. The summed E-state index contributed by atoms with van der Waals surface area (Å²) < 4.78 is 6.52. The summed E-state index contributed by atoms with van der Waals surface area (Å²) in [5.41, 5.74) is 0.789. The van der Waals surface area contributed by atoms with Gasteiger partial charge < -0.3 is 15.2 Å². The van der Waals surface area contributed by atoms with E-state index >= 15 is 0 Å². The van der Waals surface area contributed by atoms with Crippen molar-refractivity contribution in [2.24, 2.45) is 0 Å². The molecule has 188 valence electrons. The number of halogens is 3. The fraction of sp³-hybridized carbons (Fsp3) is 0.0400. The zero-order valence-corrected chi connectivity index (χ0v) is 22.6.